The van der Waals surface area contributed by atoms with Gasteiger partial charge in [-0.15, -0.1) is 0 Å². The largest absolute Gasteiger partial charge is 0.496 e. The maximum atomic E-state index is 5.24. The van der Waals surface area contributed by atoms with Crippen molar-refractivity contribution in [2.45, 2.75) is 27.2 Å². The van der Waals surface area contributed by atoms with Gasteiger partial charge in [0.15, 0.2) is 0 Å². The van der Waals surface area contributed by atoms with E-state index < -0.39 is 0 Å². The Morgan fingerprint density at radius 3 is 2.56 bits per heavy atom. The molecule has 0 aliphatic carbocycles. The molecule has 1 heterocycles. The SMILES string of the molecule is CCC.COc1cccc2ncc(C)cc12. The Bertz CT molecular complexity index is 451. The molecule has 2 aromatic rings. The van der Waals surface area contributed by atoms with Crippen LogP contribution in [-0.4, -0.2) is 12.1 Å². The maximum Gasteiger partial charge on any atom is 0.128 e. The van der Waals surface area contributed by atoms with E-state index in [2.05, 4.69) is 24.9 Å². The van der Waals surface area contributed by atoms with Gasteiger partial charge in [0, 0.05) is 11.6 Å². The lowest BCUT2D eigenvalue weighted by atomic mass is 10.1. The summed E-state index contributed by atoms with van der Waals surface area (Å²) in [5.41, 5.74) is 2.13. The number of aryl methyl sites for hydroxylation is 1. The lowest BCUT2D eigenvalue weighted by Crippen LogP contribution is -1.87. The zero-order valence-corrected chi connectivity index (χ0v) is 10.4. The van der Waals surface area contributed by atoms with Crippen molar-refractivity contribution in [2.75, 3.05) is 7.11 Å². The van der Waals surface area contributed by atoms with Crippen LogP contribution >= 0.6 is 0 Å². The molecule has 86 valence electrons. The van der Waals surface area contributed by atoms with Crippen molar-refractivity contribution < 1.29 is 4.74 Å². The van der Waals surface area contributed by atoms with E-state index in [0.717, 1.165) is 22.2 Å². The molecule has 0 spiro atoms. The first-order valence-electron chi connectivity index (χ1n) is 5.62. The summed E-state index contributed by atoms with van der Waals surface area (Å²) in [6, 6.07) is 7.96. The van der Waals surface area contributed by atoms with Crippen molar-refractivity contribution in [2.24, 2.45) is 0 Å². The summed E-state index contributed by atoms with van der Waals surface area (Å²) in [5.74, 6) is 0.883. The molecule has 2 rings (SSSR count). The second-order valence-electron chi connectivity index (χ2n) is 3.75. The Labute approximate surface area is 97.3 Å². The highest BCUT2D eigenvalue weighted by Gasteiger charge is 2.00. The zero-order chi connectivity index (χ0) is 12.0. The number of rotatable bonds is 1. The fourth-order valence-corrected chi connectivity index (χ4v) is 1.40. The summed E-state index contributed by atoms with van der Waals surface area (Å²) in [5, 5.41) is 1.07. The molecule has 0 radical (unpaired) electrons. The molecular weight excluding hydrogens is 198 g/mol. The van der Waals surface area contributed by atoms with Crippen molar-refractivity contribution in [1.82, 2.24) is 4.98 Å². The van der Waals surface area contributed by atoms with E-state index in [-0.39, 0.29) is 0 Å². The van der Waals surface area contributed by atoms with Crippen molar-refractivity contribution in [3.05, 3.63) is 36.0 Å². The zero-order valence-electron chi connectivity index (χ0n) is 10.4. The van der Waals surface area contributed by atoms with Crippen molar-refractivity contribution >= 4 is 10.9 Å². The van der Waals surface area contributed by atoms with Gasteiger partial charge in [0.05, 0.1) is 12.6 Å². The molecule has 0 aliphatic rings. The normalized spacial score (nSPS) is 9.50. The van der Waals surface area contributed by atoms with E-state index in [4.69, 9.17) is 4.74 Å². The summed E-state index contributed by atoms with van der Waals surface area (Å²) in [6.07, 6.45) is 3.11. The Morgan fingerprint density at radius 1 is 1.25 bits per heavy atom. The Hall–Kier alpha value is -1.57. The van der Waals surface area contributed by atoms with Crippen molar-refractivity contribution in [1.29, 1.82) is 0 Å². The van der Waals surface area contributed by atoms with E-state index in [1.165, 1.54) is 6.42 Å². The molecule has 0 fully saturated rings. The van der Waals surface area contributed by atoms with Crippen LogP contribution in [0.25, 0.3) is 10.9 Å². The Morgan fingerprint density at radius 2 is 1.94 bits per heavy atom. The molecule has 1 aromatic carbocycles. The predicted molar refractivity (Wildman–Crippen MR) is 69.0 cm³/mol. The second kappa shape index (κ2) is 6.11. The molecule has 0 saturated carbocycles. The quantitative estimate of drug-likeness (QED) is 0.721. The van der Waals surface area contributed by atoms with Gasteiger partial charge in [0.2, 0.25) is 0 Å². The summed E-state index contributed by atoms with van der Waals surface area (Å²) in [7, 11) is 1.68. The number of methoxy groups -OCH3 is 1. The van der Waals surface area contributed by atoms with Gasteiger partial charge < -0.3 is 4.74 Å². The molecule has 0 aliphatic heterocycles. The van der Waals surface area contributed by atoms with Crippen LogP contribution < -0.4 is 4.74 Å². The highest BCUT2D eigenvalue weighted by Crippen LogP contribution is 2.23. The van der Waals surface area contributed by atoms with Gasteiger partial charge >= 0.3 is 0 Å². The number of benzene rings is 1. The number of aromatic nitrogens is 1. The molecular formula is C14H19NO. The first kappa shape index (κ1) is 12.5. The fourth-order valence-electron chi connectivity index (χ4n) is 1.40. The minimum atomic E-state index is 0.883. The van der Waals surface area contributed by atoms with Gasteiger partial charge in [-0.05, 0) is 30.7 Å². The van der Waals surface area contributed by atoms with E-state index in [9.17, 15) is 0 Å². The molecule has 2 heteroatoms. The first-order chi connectivity index (χ1) is 7.72. The van der Waals surface area contributed by atoms with E-state index in [1.54, 1.807) is 7.11 Å². The van der Waals surface area contributed by atoms with E-state index >= 15 is 0 Å². The highest BCUT2D eigenvalue weighted by atomic mass is 16.5. The maximum absolute atomic E-state index is 5.24. The third-order valence-electron chi connectivity index (χ3n) is 2.04. The third-order valence-corrected chi connectivity index (χ3v) is 2.04. The Kier molecular flexibility index (Phi) is 4.77. The molecule has 0 N–H and O–H groups in total. The summed E-state index contributed by atoms with van der Waals surface area (Å²) < 4.78 is 5.24. The third kappa shape index (κ3) is 2.96. The summed E-state index contributed by atoms with van der Waals surface area (Å²) in [4.78, 5) is 4.31. The van der Waals surface area contributed by atoms with Gasteiger partial charge in [-0.2, -0.15) is 0 Å². The van der Waals surface area contributed by atoms with Crippen LogP contribution in [0.4, 0.5) is 0 Å². The molecule has 0 amide bonds. The van der Waals surface area contributed by atoms with Crippen molar-refractivity contribution in [3.8, 4) is 5.75 Å². The number of fused-ring (bicyclic) bond motifs is 1. The second-order valence-corrected chi connectivity index (χ2v) is 3.75. The monoisotopic (exact) mass is 217 g/mol. The van der Waals surface area contributed by atoms with Gasteiger partial charge in [0.1, 0.15) is 5.75 Å². The summed E-state index contributed by atoms with van der Waals surface area (Å²) in [6.45, 7) is 6.28. The number of hydrogen-bond donors (Lipinski definition) is 0. The molecule has 0 bridgehead atoms. The molecule has 0 atom stereocenters. The van der Waals surface area contributed by atoms with Gasteiger partial charge in [-0.25, -0.2) is 0 Å². The van der Waals surface area contributed by atoms with Crippen LogP contribution in [0.3, 0.4) is 0 Å². The number of pyridine rings is 1. The molecule has 0 unspecified atom stereocenters. The topological polar surface area (TPSA) is 22.1 Å². The summed E-state index contributed by atoms with van der Waals surface area (Å²) >= 11 is 0. The van der Waals surface area contributed by atoms with Gasteiger partial charge in [-0.1, -0.05) is 26.3 Å². The van der Waals surface area contributed by atoms with Crippen LogP contribution in [0, 0.1) is 6.92 Å². The lowest BCUT2D eigenvalue weighted by Gasteiger charge is -2.04. The molecule has 16 heavy (non-hydrogen) atoms. The van der Waals surface area contributed by atoms with E-state index in [1.807, 2.05) is 31.3 Å². The highest BCUT2D eigenvalue weighted by molar-refractivity contribution is 5.85. The van der Waals surface area contributed by atoms with Crippen LogP contribution in [-0.2, 0) is 0 Å². The van der Waals surface area contributed by atoms with Gasteiger partial charge in [0.25, 0.3) is 0 Å². The first-order valence-corrected chi connectivity index (χ1v) is 5.62. The number of ether oxygens (including phenoxy) is 1. The predicted octanol–water partition coefficient (Wildman–Crippen LogP) is 3.97. The lowest BCUT2D eigenvalue weighted by molar-refractivity contribution is 0.419. The van der Waals surface area contributed by atoms with Crippen LogP contribution in [0.15, 0.2) is 30.5 Å². The van der Waals surface area contributed by atoms with Gasteiger partial charge in [-0.3, -0.25) is 4.98 Å². The molecule has 1 aromatic heterocycles. The minimum Gasteiger partial charge on any atom is -0.496 e. The van der Waals surface area contributed by atoms with Crippen LogP contribution in [0.1, 0.15) is 25.8 Å². The smallest absolute Gasteiger partial charge is 0.128 e. The number of nitrogens with zero attached hydrogens (tertiary/aromatic N) is 1. The average Bonchev–Trinajstić information content (AvgIpc) is 2.29. The molecule has 0 saturated heterocycles. The average molecular weight is 217 g/mol. The van der Waals surface area contributed by atoms with Crippen molar-refractivity contribution in [3.63, 3.8) is 0 Å². The van der Waals surface area contributed by atoms with E-state index in [0.29, 0.717) is 0 Å². The standard InChI is InChI=1S/C11H11NO.C3H8/c1-8-6-9-10(12-7-8)4-3-5-11(9)13-2;1-3-2/h3-7H,1-2H3;3H2,1-2H3. The minimum absolute atomic E-state index is 0.883. The molecule has 2 nitrogen and oxygen atoms in total. The van der Waals surface area contributed by atoms with Crippen LogP contribution in [0.2, 0.25) is 0 Å². The van der Waals surface area contributed by atoms with Crippen LogP contribution in [0.5, 0.6) is 5.75 Å². The fraction of sp³-hybridized carbons (Fsp3) is 0.357. The Balaban J connectivity index is 0.000000386. The number of hydrogen-bond acceptors (Lipinski definition) is 2.